The molecule has 5 rings (SSSR count). The molecule has 0 aliphatic rings. The molecule has 9 heteroatoms. The molecule has 0 fully saturated rings. The Kier molecular flexibility index (Phi) is 7.54. The maximum absolute atomic E-state index is 13.1. The van der Waals surface area contributed by atoms with E-state index in [2.05, 4.69) is 21.7 Å². The maximum atomic E-state index is 13.1. The van der Waals surface area contributed by atoms with E-state index >= 15 is 0 Å². The topological polar surface area (TPSA) is 86.3 Å². The maximum Gasteiger partial charge on any atom is 0.255 e. The van der Waals surface area contributed by atoms with Crippen LogP contribution >= 0.6 is 0 Å². The Morgan fingerprint density at radius 2 is 1.60 bits per heavy atom. The van der Waals surface area contributed by atoms with Crippen molar-refractivity contribution in [2.45, 2.75) is 6.54 Å². The van der Waals surface area contributed by atoms with Gasteiger partial charge in [-0.3, -0.25) is 9.78 Å². The molecule has 3 aromatic carbocycles. The number of hydrogen-bond acceptors (Lipinski definition) is 7. The summed E-state index contributed by atoms with van der Waals surface area (Å²) < 4.78 is 13.1. The van der Waals surface area contributed by atoms with Crippen LogP contribution in [0.25, 0.3) is 22.2 Å². The number of rotatable bonds is 8. The zero-order valence-corrected chi connectivity index (χ0v) is 22.8. The van der Waals surface area contributed by atoms with Crippen molar-refractivity contribution in [3.8, 4) is 11.3 Å². The van der Waals surface area contributed by atoms with Gasteiger partial charge in [0, 0.05) is 56.9 Å². The second-order valence-electron chi connectivity index (χ2n) is 9.81. The molecule has 0 unspecified atom stereocenters. The number of carbonyl (C=O) groups is 1. The number of fused-ring (bicyclic) bond motifs is 1. The number of carbonyl (C=O) groups excluding carboxylic acids is 1. The molecule has 0 spiro atoms. The zero-order chi connectivity index (χ0) is 28.2. The fourth-order valence-corrected chi connectivity index (χ4v) is 4.13. The highest BCUT2D eigenvalue weighted by atomic mass is 19.1. The van der Waals surface area contributed by atoms with E-state index in [-0.39, 0.29) is 11.7 Å². The summed E-state index contributed by atoms with van der Waals surface area (Å²) in [5.74, 6) is 0.648. The molecule has 2 heterocycles. The largest absolute Gasteiger partial charge is 0.376 e. The second-order valence-corrected chi connectivity index (χ2v) is 9.81. The van der Waals surface area contributed by atoms with E-state index in [0.29, 0.717) is 29.6 Å². The van der Waals surface area contributed by atoms with E-state index < -0.39 is 0 Å². The number of pyridine rings is 1. The lowest BCUT2D eigenvalue weighted by Gasteiger charge is -2.16. The Hall–Kier alpha value is -5.05. The standard InChI is InChI=1S/C31H30FN7O/c1-38(2)25-14-16-27(33-19-25)22-9-15-28-26(17-22)29(37-31(36-28)39(3)4)34-18-20-5-12-24(13-6-20)35-30(40)21-7-10-23(32)11-8-21/h5-17,19H,18H2,1-4H3,(H,35,40)(H,34,36,37). The molecule has 2 aromatic heterocycles. The number of amides is 1. The molecule has 5 aromatic rings. The number of benzene rings is 3. The second kappa shape index (κ2) is 11.4. The van der Waals surface area contributed by atoms with Crippen LogP contribution in [0.3, 0.4) is 0 Å². The van der Waals surface area contributed by atoms with Crippen LogP contribution in [-0.4, -0.2) is 49.0 Å². The van der Waals surface area contributed by atoms with E-state index in [1.165, 1.54) is 24.3 Å². The van der Waals surface area contributed by atoms with Crippen LogP contribution < -0.4 is 20.4 Å². The van der Waals surface area contributed by atoms with Crippen LogP contribution in [0.1, 0.15) is 15.9 Å². The van der Waals surface area contributed by atoms with Gasteiger partial charge in [-0.1, -0.05) is 18.2 Å². The fourth-order valence-electron chi connectivity index (χ4n) is 4.13. The van der Waals surface area contributed by atoms with Crippen molar-refractivity contribution in [1.29, 1.82) is 0 Å². The van der Waals surface area contributed by atoms with Crippen LogP contribution in [0.4, 0.5) is 27.5 Å². The molecular weight excluding hydrogens is 505 g/mol. The molecule has 1 amide bonds. The van der Waals surface area contributed by atoms with Crippen LogP contribution in [0.15, 0.2) is 85.1 Å². The van der Waals surface area contributed by atoms with Crippen LogP contribution in [0.2, 0.25) is 0 Å². The predicted octanol–water partition coefficient (Wildman–Crippen LogP) is 5.83. The first-order chi connectivity index (χ1) is 19.3. The van der Waals surface area contributed by atoms with Gasteiger partial charge in [-0.2, -0.15) is 4.98 Å². The summed E-state index contributed by atoms with van der Waals surface area (Å²) in [6.07, 6.45) is 1.86. The van der Waals surface area contributed by atoms with Gasteiger partial charge in [0.05, 0.1) is 23.1 Å². The molecule has 2 N–H and O–H groups in total. The highest BCUT2D eigenvalue weighted by molar-refractivity contribution is 6.04. The van der Waals surface area contributed by atoms with E-state index in [1.54, 1.807) is 0 Å². The summed E-state index contributed by atoms with van der Waals surface area (Å²) in [5.41, 5.74) is 5.76. The smallest absolute Gasteiger partial charge is 0.255 e. The number of nitrogens with one attached hydrogen (secondary N) is 2. The van der Waals surface area contributed by atoms with Gasteiger partial charge < -0.3 is 20.4 Å². The predicted molar refractivity (Wildman–Crippen MR) is 160 cm³/mol. The summed E-state index contributed by atoms with van der Waals surface area (Å²) in [5, 5.41) is 7.20. The fraction of sp³-hybridized carbons (Fsp3) is 0.161. The molecule has 0 aliphatic heterocycles. The van der Waals surface area contributed by atoms with E-state index in [4.69, 9.17) is 9.97 Å². The van der Waals surface area contributed by atoms with Gasteiger partial charge in [0.2, 0.25) is 5.95 Å². The lowest BCUT2D eigenvalue weighted by Crippen LogP contribution is -2.14. The van der Waals surface area contributed by atoms with E-state index in [9.17, 15) is 9.18 Å². The minimum atomic E-state index is -0.380. The summed E-state index contributed by atoms with van der Waals surface area (Å²) >= 11 is 0. The van der Waals surface area contributed by atoms with Crippen LogP contribution in [-0.2, 0) is 6.54 Å². The minimum absolute atomic E-state index is 0.295. The normalized spacial score (nSPS) is 10.8. The quantitative estimate of drug-likeness (QED) is 0.259. The van der Waals surface area contributed by atoms with Gasteiger partial charge in [-0.05, 0) is 66.2 Å². The molecule has 0 radical (unpaired) electrons. The average Bonchev–Trinajstić information content (AvgIpc) is 2.96. The van der Waals surface area contributed by atoms with Gasteiger partial charge in [-0.15, -0.1) is 0 Å². The molecule has 0 bridgehead atoms. The van der Waals surface area contributed by atoms with Crippen molar-refractivity contribution in [1.82, 2.24) is 15.0 Å². The molecule has 0 saturated carbocycles. The highest BCUT2D eigenvalue weighted by Gasteiger charge is 2.12. The third kappa shape index (κ3) is 5.99. The number of nitrogens with zero attached hydrogens (tertiary/aromatic N) is 5. The Morgan fingerprint density at radius 3 is 2.25 bits per heavy atom. The Labute approximate surface area is 232 Å². The third-order valence-corrected chi connectivity index (χ3v) is 6.42. The molecule has 0 saturated heterocycles. The summed E-state index contributed by atoms with van der Waals surface area (Å²) in [4.78, 5) is 30.5. The molecule has 40 heavy (non-hydrogen) atoms. The molecule has 0 atom stereocenters. The van der Waals surface area contributed by atoms with Crippen molar-refractivity contribution in [2.24, 2.45) is 0 Å². The molecule has 202 valence electrons. The van der Waals surface area contributed by atoms with Crippen LogP contribution in [0, 0.1) is 5.82 Å². The number of aromatic nitrogens is 3. The lowest BCUT2D eigenvalue weighted by atomic mass is 10.1. The number of halogens is 1. The molecule has 0 aliphatic carbocycles. The van der Waals surface area contributed by atoms with Gasteiger partial charge in [0.15, 0.2) is 0 Å². The van der Waals surface area contributed by atoms with E-state index in [0.717, 1.165) is 33.4 Å². The van der Waals surface area contributed by atoms with Crippen molar-refractivity contribution in [2.75, 3.05) is 48.6 Å². The van der Waals surface area contributed by atoms with Crippen molar-refractivity contribution >= 4 is 40.0 Å². The Bertz CT molecular complexity index is 1630. The summed E-state index contributed by atoms with van der Waals surface area (Å²) in [6.45, 7) is 0.519. The van der Waals surface area contributed by atoms with Crippen LogP contribution in [0.5, 0.6) is 0 Å². The van der Waals surface area contributed by atoms with Gasteiger partial charge in [0.1, 0.15) is 11.6 Å². The average molecular weight is 536 g/mol. The van der Waals surface area contributed by atoms with Crippen molar-refractivity contribution < 1.29 is 9.18 Å². The first-order valence-corrected chi connectivity index (χ1v) is 12.8. The summed E-state index contributed by atoms with van der Waals surface area (Å²) in [6, 6.07) is 23.1. The third-order valence-electron chi connectivity index (χ3n) is 6.42. The summed E-state index contributed by atoms with van der Waals surface area (Å²) in [7, 11) is 7.80. The zero-order valence-electron chi connectivity index (χ0n) is 22.8. The van der Waals surface area contributed by atoms with Gasteiger partial charge in [0.25, 0.3) is 5.91 Å². The van der Waals surface area contributed by atoms with Gasteiger partial charge in [-0.25, -0.2) is 9.37 Å². The van der Waals surface area contributed by atoms with Gasteiger partial charge >= 0.3 is 0 Å². The lowest BCUT2D eigenvalue weighted by molar-refractivity contribution is 0.102. The first-order valence-electron chi connectivity index (χ1n) is 12.8. The monoisotopic (exact) mass is 535 g/mol. The van der Waals surface area contributed by atoms with E-state index in [1.807, 2.05) is 92.7 Å². The molecule has 8 nitrogen and oxygen atoms in total. The number of hydrogen-bond donors (Lipinski definition) is 2. The Balaban J connectivity index is 1.36. The Morgan fingerprint density at radius 1 is 0.850 bits per heavy atom. The SMILES string of the molecule is CN(C)c1ccc(-c2ccc3nc(N(C)C)nc(NCc4ccc(NC(=O)c5ccc(F)cc5)cc4)c3c2)nc1. The highest BCUT2D eigenvalue weighted by Crippen LogP contribution is 2.29. The van der Waals surface area contributed by atoms with Crippen molar-refractivity contribution in [3.63, 3.8) is 0 Å². The number of anilines is 4. The van der Waals surface area contributed by atoms with Crippen molar-refractivity contribution in [3.05, 3.63) is 102 Å². The minimum Gasteiger partial charge on any atom is -0.376 e. The first kappa shape index (κ1) is 26.6. The molecular formula is C31H30FN7O.